The molecule has 8 nitrogen and oxygen atoms in total. The number of carbonyl (C=O) groups excluding carboxylic acids is 1. The van der Waals surface area contributed by atoms with Crippen LogP contribution in [0.5, 0.6) is 0 Å². The predicted octanol–water partition coefficient (Wildman–Crippen LogP) is 4.05. The Labute approximate surface area is 205 Å². The molecule has 0 bridgehead atoms. The number of halogens is 1. The van der Waals surface area contributed by atoms with Crippen molar-refractivity contribution in [1.82, 2.24) is 20.3 Å². The third kappa shape index (κ3) is 6.12. The van der Waals surface area contributed by atoms with E-state index in [2.05, 4.69) is 30.5 Å². The number of nitrogens with zero attached hydrogens (tertiary/aromatic N) is 4. The number of aromatic nitrogens is 3. The van der Waals surface area contributed by atoms with Crippen molar-refractivity contribution < 1.29 is 9.53 Å². The van der Waals surface area contributed by atoms with Crippen molar-refractivity contribution in [1.29, 1.82) is 0 Å². The third-order valence-electron chi connectivity index (χ3n) is 5.94. The van der Waals surface area contributed by atoms with Gasteiger partial charge in [-0.1, -0.05) is 29.8 Å². The summed E-state index contributed by atoms with van der Waals surface area (Å²) in [6.07, 6.45) is 6.21. The Morgan fingerprint density at radius 2 is 2.15 bits per heavy atom. The van der Waals surface area contributed by atoms with Gasteiger partial charge < -0.3 is 20.3 Å². The van der Waals surface area contributed by atoms with Crippen molar-refractivity contribution in [2.75, 3.05) is 43.1 Å². The van der Waals surface area contributed by atoms with Crippen LogP contribution in [0.1, 0.15) is 31.7 Å². The quantitative estimate of drug-likeness (QED) is 0.421. The molecule has 2 N–H and O–H groups in total. The van der Waals surface area contributed by atoms with E-state index in [1.165, 1.54) is 0 Å². The second kappa shape index (κ2) is 11.9. The molecule has 2 aromatic heterocycles. The van der Waals surface area contributed by atoms with Gasteiger partial charge in [-0.15, -0.1) is 0 Å². The topological polar surface area (TPSA) is 92.3 Å². The minimum atomic E-state index is -0.0598. The molecule has 3 aromatic rings. The Balaban J connectivity index is 1.41. The Morgan fingerprint density at radius 1 is 1.26 bits per heavy atom. The van der Waals surface area contributed by atoms with Gasteiger partial charge in [0.25, 0.3) is 0 Å². The van der Waals surface area contributed by atoms with Crippen LogP contribution in [0.3, 0.4) is 0 Å². The normalized spacial score (nSPS) is 15.9. The van der Waals surface area contributed by atoms with Crippen molar-refractivity contribution in [3.05, 3.63) is 53.3 Å². The first kappa shape index (κ1) is 24.2. The van der Waals surface area contributed by atoms with Gasteiger partial charge >= 0.3 is 0 Å². The SMILES string of the molecule is CCOCCCNC(=O)C1CCCN(c2nccc3nc(NCc4ccccc4Cl)ncc23)C1. The number of rotatable bonds is 10. The molecular weight excluding hydrogens is 452 g/mol. The molecule has 1 atom stereocenters. The minimum absolute atomic E-state index is 0.0598. The lowest BCUT2D eigenvalue weighted by molar-refractivity contribution is -0.125. The first-order chi connectivity index (χ1) is 16.7. The van der Waals surface area contributed by atoms with E-state index in [1.54, 1.807) is 12.4 Å². The number of amides is 1. The minimum Gasteiger partial charge on any atom is -0.382 e. The van der Waals surface area contributed by atoms with E-state index in [1.807, 2.05) is 37.3 Å². The largest absolute Gasteiger partial charge is 0.382 e. The van der Waals surface area contributed by atoms with Gasteiger partial charge in [0, 0.05) is 56.8 Å². The molecular formula is C25H31ClN6O2. The maximum atomic E-state index is 12.7. The van der Waals surface area contributed by atoms with Gasteiger partial charge in [-0.05, 0) is 43.9 Å². The fourth-order valence-corrected chi connectivity index (χ4v) is 4.36. The number of ether oxygens (including phenoxy) is 1. The molecule has 1 aliphatic heterocycles. The lowest BCUT2D eigenvalue weighted by Crippen LogP contribution is -2.43. The Hall–Kier alpha value is -2.97. The summed E-state index contributed by atoms with van der Waals surface area (Å²) >= 11 is 6.25. The number of hydrogen-bond acceptors (Lipinski definition) is 7. The molecule has 1 amide bonds. The number of nitrogens with one attached hydrogen (secondary N) is 2. The fourth-order valence-electron chi connectivity index (χ4n) is 4.15. The first-order valence-electron chi connectivity index (χ1n) is 11.8. The van der Waals surface area contributed by atoms with E-state index in [0.717, 1.165) is 48.1 Å². The van der Waals surface area contributed by atoms with Crippen molar-refractivity contribution >= 4 is 40.2 Å². The average Bonchev–Trinajstić information content (AvgIpc) is 2.87. The number of benzene rings is 1. The standard InChI is InChI=1S/C25H31ClN6O2/c1-2-34-14-6-11-28-24(33)19-8-5-13-32(17-19)23-20-16-30-25(31-22(20)10-12-27-23)29-15-18-7-3-4-9-21(18)26/h3-4,7,9-10,12,16,19H,2,5-6,8,11,13-15,17H2,1H3,(H,28,33)(H,29,30,31). The van der Waals surface area contributed by atoms with Gasteiger partial charge in [-0.3, -0.25) is 4.79 Å². The number of pyridine rings is 1. The highest BCUT2D eigenvalue weighted by molar-refractivity contribution is 6.31. The second-order valence-corrected chi connectivity index (χ2v) is 8.74. The van der Waals surface area contributed by atoms with Crippen LogP contribution < -0.4 is 15.5 Å². The van der Waals surface area contributed by atoms with E-state index in [4.69, 9.17) is 16.3 Å². The maximum absolute atomic E-state index is 12.7. The van der Waals surface area contributed by atoms with E-state index >= 15 is 0 Å². The number of anilines is 2. The maximum Gasteiger partial charge on any atom is 0.224 e. The molecule has 1 aliphatic rings. The summed E-state index contributed by atoms with van der Waals surface area (Å²) in [5.41, 5.74) is 1.79. The zero-order chi connectivity index (χ0) is 23.8. The molecule has 34 heavy (non-hydrogen) atoms. The molecule has 0 spiro atoms. The predicted molar refractivity (Wildman–Crippen MR) is 135 cm³/mol. The smallest absolute Gasteiger partial charge is 0.224 e. The zero-order valence-electron chi connectivity index (χ0n) is 19.5. The molecule has 1 fully saturated rings. The number of piperidine rings is 1. The van der Waals surface area contributed by atoms with Crippen molar-refractivity contribution in [3.8, 4) is 0 Å². The molecule has 4 rings (SSSR count). The van der Waals surface area contributed by atoms with E-state index in [-0.39, 0.29) is 11.8 Å². The molecule has 180 valence electrons. The van der Waals surface area contributed by atoms with Crippen LogP contribution >= 0.6 is 11.6 Å². The lowest BCUT2D eigenvalue weighted by Gasteiger charge is -2.33. The van der Waals surface area contributed by atoms with Crippen LogP contribution in [0.15, 0.2) is 42.7 Å². The van der Waals surface area contributed by atoms with Crippen LogP contribution in [-0.2, 0) is 16.1 Å². The monoisotopic (exact) mass is 482 g/mol. The lowest BCUT2D eigenvalue weighted by atomic mass is 9.97. The number of carbonyl (C=O) groups is 1. The van der Waals surface area contributed by atoms with Crippen molar-refractivity contribution in [2.45, 2.75) is 32.7 Å². The van der Waals surface area contributed by atoms with Crippen LogP contribution in [-0.4, -0.2) is 53.7 Å². The molecule has 1 aromatic carbocycles. The third-order valence-corrected chi connectivity index (χ3v) is 6.31. The van der Waals surface area contributed by atoms with Crippen LogP contribution in [0.4, 0.5) is 11.8 Å². The van der Waals surface area contributed by atoms with E-state index in [0.29, 0.717) is 43.8 Å². The average molecular weight is 483 g/mol. The summed E-state index contributed by atoms with van der Waals surface area (Å²) in [6.45, 7) is 6.01. The van der Waals surface area contributed by atoms with Gasteiger partial charge in [-0.25, -0.2) is 15.0 Å². The summed E-state index contributed by atoms with van der Waals surface area (Å²) in [5.74, 6) is 1.40. The molecule has 0 aliphatic carbocycles. The van der Waals surface area contributed by atoms with Crippen LogP contribution in [0.2, 0.25) is 5.02 Å². The molecule has 0 radical (unpaired) electrons. The Morgan fingerprint density at radius 3 is 3.00 bits per heavy atom. The summed E-state index contributed by atoms with van der Waals surface area (Å²) < 4.78 is 5.34. The number of hydrogen-bond donors (Lipinski definition) is 2. The van der Waals surface area contributed by atoms with Gasteiger partial charge in [0.15, 0.2) is 0 Å². The van der Waals surface area contributed by atoms with Crippen molar-refractivity contribution in [3.63, 3.8) is 0 Å². The fraction of sp³-hybridized carbons (Fsp3) is 0.440. The summed E-state index contributed by atoms with van der Waals surface area (Å²) in [6, 6.07) is 9.58. The van der Waals surface area contributed by atoms with E-state index in [9.17, 15) is 4.79 Å². The highest BCUT2D eigenvalue weighted by Gasteiger charge is 2.27. The summed E-state index contributed by atoms with van der Waals surface area (Å²) in [4.78, 5) is 28.7. The Bertz CT molecular complexity index is 1110. The van der Waals surface area contributed by atoms with Gasteiger partial charge in [-0.2, -0.15) is 0 Å². The molecule has 1 unspecified atom stereocenters. The highest BCUT2D eigenvalue weighted by Crippen LogP contribution is 2.28. The van der Waals surface area contributed by atoms with Crippen LogP contribution in [0, 0.1) is 5.92 Å². The first-order valence-corrected chi connectivity index (χ1v) is 12.2. The second-order valence-electron chi connectivity index (χ2n) is 8.33. The van der Waals surface area contributed by atoms with Crippen LogP contribution in [0.25, 0.3) is 10.9 Å². The van der Waals surface area contributed by atoms with Gasteiger partial charge in [0.1, 0.15) is 5.82 Å². The molecule has 3 heterocycles. The molecule has 1 saturated heterocycles. The Kier molecular flexibility index (Phi) is 8.49. The molecule has 0 saturated carbocycles. The molecule has 9 heteroatoms. The highest BCUT2D eigenvalue weighted by atomic mass is 35.5. The number of fused-ring (bicyclic) bond motifs is 1. The van der Waals surface area contributed by atoms with E-state index < -0.39 is 0 Å². The zero-order valence-corrected chi connectivity index (χ0v) is 20.2. The summed E-state index contributed by atoms with van der Waals surface area (Å²) in [5, 5.41) is 7.88. The van der Waals surface area contributed by atoms with Gasteiger partial charge in [0.05, 0.1) is 16.8 Å². The van der Waals surface area contributed by atoms with Crippen molar-refractivity contribution in [2.24, 2.45) is 5.92 Å². The van der Waals surface area contributed by atoms with Gasteiger partial charge in [0.2, 0.25) is 11.9 Å². The summed E-state index contributed by atoms with van der Waals surface area (Å²) in [7, 11) is 0.